The van der Waals surface area contributed by atoms with Gasteiger partial charge in [0.15, 0.2) is 11.4 Å². The highest BCUT2D eigenvalue weighted by Gasteiger charge is 2.65. The van der Waals surface area contributed by atoms with Gasteiger partial charge in [-0.05, 0) is 32.6 Å². The number of primary amides is 1. The smallest absolute Gasteiger partial charge is 0.255 e. The molecule has 1 amide bonds. The third-order valence-electron chi connectivity index (χ3n) is 6.64. The molecule has 0 heterocycles. The first kappa shape index (κ1) is 22.3. The Balaban J connectivity index is 2.03. The van der Waals surface area contributed by atoms with Crippen molar-refractivity contribution in [2.75, 3.05) is 14.1 Å². The molecule has 7 N–H and O–H groups in total. The van der Waals surface area contributed by atoms with Gasteiger partial charge in [0.1, 0.15) is 22.8 Å². The zero-order valence-corrected chi connectivity index (χ0v) is 17.8. The lowest BCUT2D eigenvalue weighted by Gasteiger charge is -2.51. The van der Waals surface area contributed by atoms with E-state index in [9.17, 15) is 39.9 Å². The number of aliphatic hydroxyl groups is 4. The van der Waals surface area contributed by atoms with Crippen molar-refractivity contribution in [3.8, 4) is 5.75 Å². The molecule has 4 rings (SSSR count). The van der Waals surface area contributed by atoms with Crippen molar-refractivity contribution < 1.29 is 39.9 Å². The van der Waals surface area contributed by atoms with Crippen molar-refractivity contribution >= 4 is 34.8 Å². The summed E-state index contributed by atoms with van der Waals surface area (Å²) in [6, 6.07) is 1.25. The number of Topliss-reactive ketones (excluding diaryl/α,β-unsaturated/α-hetero) is 2. The van der Waals surface area contributed by atoms with Gasteiger partial charge in [0.05, 0.1) is 17.7 Å². The maximum atomic E-state index is 13.6. The fourth-order valence-corrected chi connectivity index (χ4v) is 5.51. The zero-order valence-electron chi connectivity index (χ0n) is 17.0. The molecule has 1 saturated carbocycles. The second-order valence-corrected chi connectivity index (χ2v) is 8.87. The molecule has 2 unspecified atom stereocenters. The molecule has 170 valence electrons. The van der Waals surface area contributed by atoms with Gasteiger partial charge in [-0.2, -0.15) is 0 Å². The molecule has 0 aliphatic heterocycles. The number of nitrogens with two attached hydrogens (primary N) is 1. The molecule has 0 radical (unpaired) electrons. The highest BCUT2D eigenvalue weighted by Crippen LogP contribution is 2.56. The van der Waals surface area contributed by atoms with Crippen LogP contribution < -0.4 is 5.73 Å². The summed E-state index contributed by atoms with van der Waals surface area (Å²) >= 11 is 6.19. The fourth-order valence-electron chi connectivity index (χ4n) is 5.24. The number of rotatable bonds is 2. The molecule has 5 atom stereocenters. The number of likely N-dealkylation sites (N-methyl/N-ethyl adjacent to an activating group) is 1. The number of phenols is 1. The third kappa shape index (κ3) is 2.61. The molecule has 1 aromatic rings. The fraction of sp³-hybridized carbons (Fsp3) is 0.381. The van der Waals surface area contributed by atoms with Crippen molar-refractivity contribution in [1.29, 1.82) is 0 Å². The molecule has 0 spiro atoms. The Labute approximate surface area is 186 Å². The van der Waals surface area contributed by atoms with E-state index in [0.29, 0.717) is 0 Å². The standard InChI is InChI=1S/C21H21ClN2O8/c1-24(2)14-7-5-6-10(16(27)12-9(25)4-3-8(22)11(12)15(6)26)18(29)21(7,32)19(30)13(17(14)28)20(23)31/h3-4,6-7,14-15,25-27,30,32H,5H2,1-2H3,(H2,23,31)/t6?,7-,14-,15?,21-/m0/s1. The van der Waals surface area contributed by atoms with Crippen LogP contribution in [0.2, 0.25) is 5.02 Å². The summed E-state index contributed by atoms with van der Waals surface area (Å²) in [4.78, 5) is 39.8. The average Bonchev–Trinajstić information content (AvgIpc) is 2.69. The SMILES string of the molecule is CN(C)[C@@H]1C(=O)C(C(N)=O)=C(O)[C@@]2(O)C(=O)C3=C(O)c4c(O)ccc(Cl)c4C(O)C3C[C@@H]12. The molecule has 3 aliphatic carbocycles. The largest absolute Gasteiger partial charge is 0.508 e. The van der Waals surface area contributed by atoms with E-state index < -0.39 is 75.5 Å². The first-order valence-corrected chi connectivity index (χ1v) is 10.1. The highest BCUT2D eigenvalue weighted by molar-refractivity contribution is 6.32. The van der Waals surface area contributed by atoms with Crippen molar-refractivity contribution in [3.05, 3.63) is 45.2 Å². The zero-order chi connectivity index (χ0) is 23.9. The Morgan fingerprint density at radius 1 is 1.22 bits per heavy atom. The van der Waals surface area contributed by atoms with E-state index in [0.717, 1.165) is 0 Å². The Morgan fingerprint density at radius 2 is 1.84 bits per heavy atom. The van der Waals surface area contributed by atoms with Crippen LogP contribution in [0.15, 0.2) is 29.0 Å². The van der Waals surface area contributed by atoms with E-state index in [2.05, 4.69) is 0 Å². The minimum Gasteiger partial charge on any atom is -0.508 e. The first-order chi connectivity index (χ1) is 14.8. The van der Waals surface area contributed by atoms with Crippen molar-refractivity contribution in [3.63, 3.8) is 0 Å². The molecule has 3 aliphatic rings. The number of halogens is 1. The number of aromatic hydroxyl groups is 1. The van der Waals surface area contributed by atoms with Crippen molar-refractivity contribution in [2.24, 2.45) is 17.6 Å². The topological polar surface area (TPSA) is 182 Å². The number of fused-ring (bicyclic) bond motifs is 3. The number of hydrogen-bond acceptors (Lipinski definition) is 9. The Bertz CT molecular complexity index is 1160. The Morgan fingerprint density at radius 3 is 2.41 bits per heavy atom. The quantitative estimate of drug-likeness (QED) is 0.331. The molecule has 0 saturated heterocycles. The number of amides is 1. The van der Waals surface area contributed by atoms with Gasteiger partial charge in [-0.3, -0.25) is 19.3 Å². The van der Waals surface area contributed by atoms with Crippen molar-refractivity contribution in [1.82, 2.24) is 4.90 Å². The minimum atomic E-state index is -2.77. The third-order valence-corrected chi connectivity index (χ3v) is 6.97. The number of ketones is 2. The summed E-state index contributed by atoms with van der Waals surface area (Å²) in [6.07, 6.45) is -1.70. The van der Waals surface area contributed by atoms with E-state index in [4.69, 9.17) is 17.3 Å². The summed E-state index contributed by atoms with van der Waals surface area (Å²) in [5, 5.41) is 54.4. The summed E-state index contributed by atoms with van der Waals surface area (Å²) in [5.74, 6) is -8.19. The lowest BCUT2D eigenvalue weighted by molar-refractivity contribution is -0.155. The van der Waals surface area contributed by atoms with Gasteiger partial charge in [-0.25, -0.2) is 0 Å². The molecule has 1 aromatic carbocycles. The van der Waals surface area contributed by atoms with Gasteiger partial charge in [-0.15, -0.1) is 0 Å². The molecule has 0 bridgehead atoms. The summed E-state index contributed by atoms with van der Waals surface area (Å²) in [7, 11) is 2.97. The van der Waals surface area contributed by atoms with Crippen LogP contribution in [0.3, 0.4) is 0 Å². The van der Waals surface area contributed by atoms with Crippen LogP contribution in [-0.4, -0.2) is 73.6 Å². The van der Waals surface area contributed by atoms with Gasteiger partial charge >= 0.3 is 0 Å². The molecule has 11 heteroatoms. The van der Waals surface area contributed by atoms with Crippen LogP contribution >= 0.6 is 11.6 Å². The van der Waals surface area contributed by atoms with Gasteiger partial charge in [-0.1, -0.05) is 11.6 Å². The lowest BCUT2D eigenvalue weighted by atomic mass is 9.57. The second kappa shape index (κ2) is 7.04. The number of benzene rings is 1. The number of carbonyl (C=O) groups excluding carboxylic acids is 3. The van der Waals surface area contributed by atoms with Gasteiger partial charge in [0, 0.05) is 28.0 Å². The number of phenolic OH excluding ortho intramolecular Hbond substituents is 1. The van der Waals surface area contributed by atoms with Crippen LogP contribution in [0.1, 0.15) is 23.7 Å². The van der Waals surface area contributed by atoms with E-state index in [-0.39, 0.29) is 22.6 Å². The summed E-state index contributed by atoms with van der Waals surface area (Å²) in [5.41, 5.74) is 0.845. The van der Waals surface area contributed by atoms with Crippen LogP contribution in [0, 0.1) is 11.8 Å². The molecule has 1 fully saturated rings. The van der Waals surface area contributed by atoms with E-state index in [1.165, 1.54) is 31.1 Å². The molecular weight excluding hydrogens is 444 g/mol. The normalized spacial score (nSPS) is 32.1. The average molecular weight is 465 g/mol. The van der Waals surface area contributed by atoms with E-state index >= 15 is 0 Å². The predicted octanol–water partition coefficient (Wildman–Crippen LogP) is 0.108. The number of aliphatic hydroxyl groups excluding tert-OH is 3. The van der Waals surface area contributed by atoms with Crippen LogP contribution in [0.5, 0.6) is 5.75 Å². The first-order valence-electron chi connectivity index (χ1n) is 9.69. The summed E-state index contributed by atoms with van der Waals surface area (Å²) < 4.78 is 0. The Hall–Kier alpha value is -2.92. The van der Waals surface area contributed by atoms with Crippen LogP contribution in [-0.2, 0) is 14.4 Å². The van der Waals surface area contributed by atoms with Gasteiger partial charge in [0.2, 0.25) is 5.78 Å². The maximum Gasteiger partial charge on any atom is 0.255 e. The monoisotopic (exact) mass is 464 g/mol. The minimum absolute atomic E-state index is 0.00251. The van der Waals surface area contributed by atoms with Crippen molar-refractivity contribution in [2.45, 2.75) is 24.2 Å². The predicted molar refractivity (Wildman–Crippen MR) is 111 cm³/mol. The second-order valence-electron chi connectivity index (χ2n) is 8.47. The van der Waals surface area contributed by atoms with Gasteiger partial charge < -0.3 is 31.3 Å². The number of carbonyl (C=O) groups is 3. The van der Waals surface area contributed by atoms with Gasteiger partial charge in [0.25, 0.3) is 5.91 Å². The van der Waals surface area contributed by atoms with Crippen LogP contribution in [0.25, 0.3) is 5.76 Å². The molecule has 0 aromatic heterocycles. The lowest BCUT2D eigenvalue weighted by Crippen LogP contribution is -2.66. The van der Waals surface area contributed by atoms with Crippen LogP contribution in [0.4, 0.5) is 0 Å². The number of nitrogens with zero attached hydrogens (tertiary/aromatic N) is 1. The molecule has 32 heavy (non-hydrogen) atoms. The molecular formula is C21H21ClN2O8. The maximum absolute atomic E-state index is 13.6. The molecule has 10 nitrogen and oxygen atoms in total. The summed E-state index contributed by atoms with van der Waals surface area (Å²) in [6.45, 7) is 0. The van der Waals surface area contributed by atoms with E-state index in [1.54, 1.807) is 0 Å². The highest BCUT2D eigenvalue weighted by atomic mass is 35.5. The van der Waals surface area contributed by atoms with E-state index in [1.807, 2.05) is 0 Å². The number of hydrogen-bond donors (Lipinski definition) is 6. The Kier molecular flexibility index (Phi) is 4.90.